The Balaban J connectivity index is 1.00. The second kappa shape index (κ2) is 7.46. The molecule has 1 N–H and O–H groups in total. The third-order valence-electron chi connectivity index (χ3n) is 26.2. The molecule has 5 aliphatic carbocycles. The van der Waals surface area contributed by atoms with E-state index in [-0.39, 0.29) is 33.0 Å². The maximum absolute atomic E-state index is 17.0. The fourth-order valence-electron chi connectivity index (χ4n) is 26.1. The van der Waals surface area contributed by atoms with E-state index in [1.54, 1.807) is 10.8 Å². The van der Waals surface area contributed by atoms with Crippen molar-refractivity contribution in [3.63, 3.8) is 0 Å². The van der Waals surface area contributed by atoms with E-state index in [1.165, 1.54) is 302 Å². The highest BCUT2D eigenvalue weighted by Crippen LogP contribution is 2.96. The van der Waals surface area contributed by atoms with Gasteiger partial charge in [-0.1, -0.05) is 0 Å². The van der Waals surface area contributed by atoms with E-state index < -0.39 is 34.3 Å². The Bertz CT molecular complexity index is 6970. The molecule has 28 aromatic rings. The lowest BCUT2D eigenvalue weighted by Gasteiger charge is -2.32. The molecule has 78 heavy (non-hydrogen) atoms. The summed E-state index contributed by atoms with van der Waals surface area (Å²) >= 11 is 0. The SMILES string of the molecule is CCOC(=O)C1(C(=O)OCCOCCOC(=O)O)C23c4c5c6c7c8c9c(c%10c%11c2c2c4c4c%12c5c5c6c6c8c8c%13c9c9c%10c%10c%11c%11c2c2c4c4c%12c%12c5c5c6c8c6c8c%13c9c9c%10c%10c%11c2c2c4c4c%12c5c6c5c8c9c%10c2c45)C713. The summed E-state index contributed by atoms with van der Waals surface area (Å²) in [4.78, 5) is 45.1. The van der Waals surface area contributed by atoms with E-state index in [0.717, 1.165) is 0 Å². The van der Waals surface area contributed by atoms with Crippen molar-refractivity contribution in [2.75, 3.05) is 33.0 Å². The van der Waals surface area contributed by atoms with Crippen LogP contribution < -0.4 is 0 Å². The fourth-order valence-corrected chi connectivity index (χ4v) is 26.1. The minimum atomic E-state index is -1.83. The molecule has 8 heteroatoms. The molecule has 33 rings (SSSR count). The van der Waals surface area contributed by atoms with Gasteiger partial charge < -0.3 is 24.1 Å². The fraction of sp³-hybridized carbons (Fsp3) is 0.129. The monoisotopic (exact) mass is 982 g/mol. The van der Waals surface area contributed by atoms with Gasteiger partial charge in [-0.3, -0.25) is 9.59 Å². The van der Waals surface area contributed by atoms with Crippen LogP contribution in [0.25, 0.3) is 291 Å². The minimum Gasteiger partial charge on any atom is -0.465 e. The zero-order chi connectivity index (χ0) is 48.1. The normalized spacial score (nSPS) is 22.8. The van der Waals surface area contributed by atoms with Crippen LogP contribution in [0.1, 0.15) is 29.2 Å². The van der Waals surface area contributed by atoms with Gasteiger partial charge in [0.15, 0.2) is 5.41 Å². The highest BCUT2D eigenvalue weighted by atomic mass is 16.7. The van der Waals surface area contributed by atoms with Crippen LogP contribution in [0.2, 0.25) is 0 Å². The van der Waals surface area contributed by atoms with Gasteiger partial charge in [0.05, 0.1) is 30.7 Å². The van der Waals surface area contributed by atoms with Crippen molar-refractivity contribution < 1.29 is 38.4 Å². The summed E-state index contributed by atoms with van der Waals surface area (Å²) in [5, 5.41) is 86.7. The van der Waals surface area contributed by atoms with Crippen molar-refractivity contribution in [3.05, 3.63) is 22.3 Å². The minimum absolute atomic E-state index is 0.0160. The summed E-state index contributed by atoms with van der Waals surface area (Å²) in [6.45, 7) is 1.79. The van der Waals surface area contributed by atoms with Gasteiger partial charge in [0.25, 0.3) is 0 Å². The van der Waals surface area contributed by atoms with E-state index in [1.807, 2.05) is 6.92 Å². The molecule has 1 fully saturated rings. The summed E-state index contributed by atoms with van der Waals surface area (Å²) in [6.07, 6.45) is -1.37. The van der Waals surface area contributed by atoms with Crippen LogP contribution >= 0.6 is 0 Å². The Labute approximate surface area is 423 Å². The number of ether oxygens (including phenoxy) is 4. The standard InChI is InChI=1S/C70H14O8/c1-2-76-65(71)70(66(72)77-5-3-75-4-6-78-67(73)74)68-61-53-45-35-25-17-9-7-8-11-15-13(9)21-29-23(15)33-27-19(11)20-12(8)16-14-10(7)18(17)26-32-22(14)30-24(16)34-28(20)38-37(27)47-41(33)51-43(29)49(39(45)31(21)25)57(61)59(51)63-55(47)56-48(38)42(34)52-44(30)50-40(32)46(36(26)35)54(53)62(68)58(50)60(52)64(56)69(63,68)70/h2-6H2,1H3,(H,73,74). The Morgan fingerprint density at radius 3 is 0.641 bits per heavy atom. The number of benzene rings is 18. The lowest BCUT2D eigenvalue weighted by Crippen LogP contribution is -2.39. The van der Waals surface area contributed by atoms with Gasteiger partial charge in [0, 0.05) is 0 Å². The molecular formula is C70H14O8. The number of carbonyl (C=O) groups excluding carboxylic acids is 2. The number of carboxylic acid groups (broad SMARTS) is 1. The highest BCUT2D eigenvalue weighted by molar-refractivity contribution is 6.82. The largest absolute Gasteiger partial charge is 0.505 e. The number of hydrogen-bond acceptors (Lipinski definition) is 7. The van der Waals surface area contributed by atoms with Crippen LogP contribution in [-0.4, -0.2) is 56.2 Å². The van der Waals surface area contributed by atoms with E-state index in [2.05, 4.69) is 0 Å². The Hall–Kier alpha value is -9.37. The first-order valence-electron chi connectivity index (χ1n) is 28.1. The first-order valence-corrected chi connectivity index (χ1v) is 28.1. The van der Waals surface area contributed by atoms with E-state index in [0.29, 0.717) is 0 Å². The van der Waals surface area contributed by atoms with Gasteiger partial charge in [-0.05, 0) is 320 Å². The van der Waals surface area contributed by atoms with Gasteiger partial charge in [0.1, 0.15) is 13.2 Å². The van der Waals surface area contributed by atoms with Gasteiger partial charge in [0.2, 0.25) is 0 Å². The second-order valence-electron chi connectivity index (χ2n) is 26.6. The molecule has 0 heterocycles. The molecule has 1 saturated carbocycles. The molecule has 5 aliphatic rings. The zero-order valence-electron chi connectivity index (χ0n) is 39.8. The van der Waals surface area contributed by atoms with Crippen molar-refractivity contribution in [1.82, 2.24) is 0 Å². The van der Waals surface area contributed by atoms with Crippen molar-refractivity contribution >= 4 is 309 Å². The summed E-state index contributed by atoms with van der Waals surface area (Å²) in [5.74, 6) is -1.03. The molecule has 0 saturated heterocycles. The molecule has 0 aromatic heterocycles. The number of rotatable bonds is 9. The number of hydrogen-bond donors (Lipinski definition) is 1. The molecule has 342 valence electrons. The molecule has 0 atom stereocenters. The molecule has 0 aliphatic heterocycles. The summed E-state index contributed by atoms with van der Waals surface area (Å²) < 4.78 is 24.1. The van der Waals surface area contributed by atoms with Crippen LogP contribution in [0.4, 0.5) is 4.79 Å². The highest BCUT2D eigenvalue weighted by Gasteiger charge is 3.01. The average Bonchev–Trinajstić information content (AvgIpc) is 1.43. The molecule has 0 unspecified atom stereocenters. The maximum atomic E-state index is 17.0. The predicted molar refractivity (Wildman–Crippen MR) is 309 cm³/mol. The first-order chi connectivity index (χ1) is 38.6. The van der Waals surface area contributed by atoms with Gasteiger partial charge in [-0.2, -0.15) is 0 Å². The summed E-state index contributed by atoms with van der Waals surface area (Å²) in [6, 6.07) is 0. The molecule has 2 spiro atoms. The van der Waals surface area contributed by atoms with Crippen LogP contribution in [0, 0.1) is 5.41 Å². The molecule has 0 radical (unpaired) electrons. The molecular weight excluding hydrogens is 969 g/mol. The third-order valence-corrected chi connectivity index (χ3v) is 26.2. The van der Waals surface area contributed by atoms with E-state index in [9.17, 15) is 9.90 Å². The van der Waals surface area contributed by atoms with Gasteiger partial charge >= 0.3 is 18.1 Å². The van der Waals surface area contributed by atoms with Crippen LogP contribution in [-0.2, 0) is 39.4 Å². The maximum Gasteiger partial charge on any atom is 0.505 e. The summed E-state index contributed by atoms with van der Waals surface area (Å²) in [5.41, 5.74) is 0.617. The Kier molecular flexibility index (Phi) is 3.02. The number of carbonyl (C=O) groups is 3. The quantitative estimate of drug-likeness (QED) is 0.0501. The van der Waals surface area contributed by atoms with Gasteiger partial charge in [-0.25, -0.2) is 4.79 Å². The Morgan fingerprint density at radius 1 is 0.269 bits per heavy atom. The molecule has 8 nitrogen and oxygen atoms in total. The lowest BCUT2D eigenvalue weighted by molar-refractivity contribution is -0.167. The van der Waals surface area contributed by atoms with Gasteiger partial charge in [-0.15, -0.1) is 0 Å². The van der Waals surface area contributed by atoms with E-state index in [4.69, 9.17) is 18.9 Å². The van der Waals surface area contributed by atoms with Crippen molar-refractivity contribution in [3.8, 4) is 0 Å². The second-order valence-corrected chi connectivity index (χ2v) is 26.6. The first kappa shape index (κ1) is 31.6. The van der Waals surface area contributed by atoms with Crippen LogP contribution in [0.15, 0.2) is 0 Å². The smallest absolute Gasteiger partial charge is 0.465 e. The molecule has 0 bridgehead atoms. The van der Waals surface area contributed by atoms with Crippen LogP contribution in [0.5, 0.6) is 0 Å². The zero-order valence-corrected chi connectivity index (χ0v) is 39.8. The Morgan fingerprint density at radius 2 is 0.449 bits per heavy atom. The third kappa shape index (κ3) is 1.75. The molecule has 28 aromatic carbocycles. The van der Waals surface area contributed by atoms with Crippen molar-refractivity contribution in [2.45, 2.75) is 17.8 Å². The van der Waals surface area contributed by atoms with Crippen molar-refractivity contribution in [1.29, 1.82) is 0 Å². The van der Waals surface area contributed by atoms with Crippen molar-refractivity contribution in [2.24, 2.45) is 5.41 Å². The van der Waals surface area contributed by atoms with E-state index >= 15 is 9.59 Å². The number of esters is 2. The average molecular weight is 983 g/mol. The predicted octanol–water partition coefficient (Wildman–Crippen LogP) is 16.1. The lowest BCUT2D eigenvalue weighted by atomic mass is 9.68. The molecule has 0 amide bonds. The summed E-state index contributed by atoms with van der Waals surface area (Å²) in [7, 11) is 0. The van der Waals surface area contributed by atoms with Crippen LogP contribution in [0.3, 0.4) is 0 Å². The topological polar surface area (TPSA) is 108 Å².